The van der Waals surface area contributed by atoms with Crippen molar-refractivity contribution in [1.29, 1.82) is 0 Å². The molecule has 11 nitrogen and oxygen atoms in total. The van der Waals surface area contributed by atoms with Gasteiger partial charge in [0.15, 0.2) is 12.1 Å². The largest absolute Gasteiger partial charge is 0.489 e. The van der Waals surface area contributed by atoms with Crippen LogP contribution in [0, 0.1) is 5.82 Å². The minimum absolute atomic E-state index is 0.0711. The van der Waals surface area contributed by atoms with Crippen molar-refractivity contribution < 1.29 is 68.8 Å². The number of nitrogens with zero attached hydrogens (tertiary/aromatic N) is 2. The van der Waals surface area contributed by atoms with Crippen LogP contribution < -0.4 is 19.5 Å². The van der Waals surface area contributed by atoms with E-state index in [1.54, 1.807) is 48.5 Å². The second kappa shape index (κ2) is 16.3. The van der Waals surface area contributed by atoms with Crippen molar-refractivity contribution in [3.8, 4) is 23.0 Å². The van der Waals surface area contributed by atoms with E-state index in [2.05, 4.69) is 24.8 Å². The van der Waals surface area contributed by atoms with Gasteiger partial charge in [0, 0.05) is 22.9 Å². The topological polar surface area (TPSA) is 134 Å². The highest BCUT2D eigenvalue weighted by molar-refractivity contribution is 6.05. The zero-order chi connectivity index (χ0) is 41.9. The molecule has 7 rings (SSSR count). The lowest BCUT2D eigenvalue weighted by Crippen LogP contribution is -2.23. The number of anilines is 1. The average Bonchev–Trinajstić information content (AvgIpc) is 3.80. The molecule has 0 bridgehead atoms. The van der Waals surface area contributed by atoms with Crippen LogP contribution in [0.3, 0.4) is 0 Å². The fourth-order valence-electron chi connectivity index (χ4n) is 5.72. The molecule has 2 aliphatic rings. The Hall–Kier alpha value is -7.24. The van der Waals surface area contributed by atoms with E-state index < -0.39 is 59.9 Å². The van der Waals surface area contributed by atoms with Gasteiger partial charge in [0.1, 0.15) is 42.0 Å². The van der Waals surface area contributed by atoms with Crippen molar-refractivity contribution in [2.24, 2.45) is 9.98 Å². The monoisotopic (exact) mass is 821 g/mol. The van der Waals surface area contributed by atoms with E-state index in [-0.39, 0.29) is 47.2 Å². The van der Waals surface area contributed by atoms with Gasteiger partial charge in [-0.1, -0.05) is 42.5 Å². The molecule has 5 aromatic rings. The highest BCUT2D eigenvalue weighted by Crippen LogP contribution is 2.34. The summed E-state index contributed by atoms with van der Waals surface area (Å²) in [4.78, 5) is 44.5. The van der Waals surface area contributed by atoms with Crippen LogP contribution in [0.2, 0.25) is 0 Å². The maximum Gasteiger partial charge on any atom is 0.468 e. The standard InChI is InChI=1S/C41H26F7N3O8/c42-26-2-1-3-31(19-26)57-30-16-10-27(11-17-30)49-35(52)32-18-22(20-55-28-12-6-23(7-13-28)33-36(53)58-38(50-33)40(43,44)45)4-5-25(32)21-56-29-14-8-24(9-15-29)34-37(54)59-39(51-34)41(46,47)48/h1-19,33-34H,20-21H2,(H,49,52). The molecular formula is C41H26F7N3O8. The predicted octanol–water partition coefficient (Wildman–Crippen LogP) is 9.15. The molecule has 59 heavy (non-hydrogen) atoms. The molecule has 0 saturated carbocycles. The Morgan fingerprint density at radius 3 is 1.66 bits per heavy atom. The molecule has 18 heteroatoms. The van der Waals surface area contributed by atoms with Gasteiger partial charge in [-0.05, 0) is 83.4 Å². The second-order valence-corrected chi connectivity index (χ2v) is 12.8. The number of alkyl halides is 6. The summed E-state index contributed by atoms with van der Waals surface area (Å²) in [6.45, 7) is -0.229. The zero-order valence-electron chi connectivity index (χ0n) is 29.8. The molecule has 1 amide bonds. The van der Waals surface area contributed by atoms with Crippen LogP contribution in [0.1, 0.15) is 44.7 Å². The first-order chi connectivity index (χ1) is 28.1. The first-order valence-electron chi connectivity index (χ1n) is 17.2. The molecule has 0 radical (unpaired) electrons. The third-order valence-corrected chi connectivity index (χ3v) is 8.57. The number of hydrogen-bond donors (Lipinski definition) is 1. The SMILES string of the molecule is O=C(Nc1ccc(Oc2cccc(F)c2)cc1)c1cc(COc2ccc(C3N=C(C(F)(F)F)OC3=O)cc2)ccc1COc1ccc(C2N=C(C(F)(F)F)OC2=O)cc1. The van der Waals surface area contributed by atoms with Crippen LogP contribution in [0.4, 0.5) is 36.4 Å². The summed E-state index contributed by atoms with van der Waals surface area (Å²) in [7, 11) is 0. The normalized spacial score (nSPS) is 16.5. The quantitative estimate of drug-likeness (QED) is 0.0974. The summed E-state index contributed by atoms with van der Waals surface area (Å²) < 4.78 is 117. The lowest BCUT2D eigenvalue weighted by Gasteiger charge is -2.15. The lowest BCUT2D eigenvalue weighted by atomic mass is 10.0. The Kier molecular flexibility index (Phi) is 11.1. The molecule has 1 N–H and O–H groups in total. The third kappa shape index (κ3) is 9.66. The minimum Gasteiger partial charge on any atom is -0.489 e. The molecule has 2 atom stereocenters. The fourth-order valence-corrected chi connectivity index (χ4v) is 5.72. The van der Waals surface area contributed by atoms with Crippen LogP contribution in [0.15, 0.2) is 125 Å². The van der Waals surface area contributed by atoms with Crippen molar-refractivity contribution >= 4 is 35.3 Å². The number of rotatable bonds is 12. The first-order valence-corrected chi connectivity index (χ1v) is 17.2. The minimum atomic E-state index is -4.92. The van der Waals surface area contributed by atoms with Gasteiger partial charge in [0.2, 0.25) is 0 Å². The van der Waals surface area contributed by atoms with E-state index in [1.165, 1.54) is 66.7 Å². The lowest BCUT2D eigenvalue weighted by molar-refractivity contribution is -0.139. The number of carbonyl (C=O) groups is 3. The summed E-state index contributed by atoms with van der Waals surface area (Å²) in [6.07, 6.45) is -9.84. The highest BCUT2D eigenvalue weighted by Gasteiger charge is 2.47. The first kappa shape index (κ1) is 40.0. The number of carbonyl (C=O) groups excluding carboxylic acids is 3. The molecule has 2 unspecified atom stereocenters. The molecule has 0 aliphatic carbocycles. The number of cyclic esters (lactones) is 2. The Bertz CT molecular complexity index is 2450. The van der Waals surface area contributed by atoms with Gasteiger partial charge in [-0.3, -0.25) is 4.79 Å². The molecule has 302 valence electrons. The highest BCUT2D eigenvalue weighted by atomic mass is 19.4. The maximum absolute atomic E-state index is 13.7. The van der Waals surface area contributed by atoms with Gasteiger partial charge in [-0.15, -0.1) is 0 Å². The smallest absolute Gasteiger partial charge is 0.468 e. The van der Waals surface area contributed by atoms with E-state index >= 15 is 0 Å². The predicted molar refractivity (Wildman–Crippen MR) is 194 cm³/mol. The molecule has 5 aromatic carbocycles. The van der Waals surface area contributed by atoms with Crippen LogP contribution in [-0.2, 0) is 32.3 Å². The van der Waals surface area contributed by atoms with Crippen LogP contribution in [-0.4, -0.2) is 42.0 Å². The van der Waals surface area contributed by atoms with Gasteiger partial charge in [-0.2, -0.15) is 26.3 Å². The Balaban J connectivity index is 1.06. The van der Waals surface area contributed by atoms with Crippen molar-refractivity contribution in [3.05, 3.63) is 149 Å². The Morgan fingerprint density at radius 1 is 0.627 bits per heavy atom. The van der Waals surface area contributed by atoms with Gasteiger partial charge in [0.25, 0.3) is 5.91 Å². The van der Waals surface area contributed by atoms with Crippen molar-refractivity contribution in [1.82, 2.24) is 0 Å². The fraction of sp³-hybridized carbons (Fsp3) is 0.146. The summed E-state index contributed by atoms with van der Waals surface area (Å²) >= 11 is 0. The van der Waals surface area contributed by atoms with Gasteiger partial charge < -0.3 is 29.0 Å². The number of hydrogen-bond acceptors (Lipinski definition) is 10. The van der Waals surface area contributed by atoms with E-state index in [1.807, 2.05) is 0 Å². The molecular weight excluding hydrogens is 795 g/mol. The van der Waals surface area contributed by atoms with E-state index in [4.69, 9.17) is 14.2 Å². The maximum atomic E-state index is 13.7. The summed E-state index contributed by atoms with van der Waals surface area (Å²) in [5.41, 5.74) is 1.76. The Morgan fingerprint density at radius 2 is 1.15 bits per heavy atom. The van der Waals surface area contributed by atoms with E-state index in [9.17, 15) is 45.1 Å². The second-order valence-electron chi connectivity index (χ2n) is 12.8. The number of esters is 2. The van der Waals surface area contributed by atoms with E-state index in [0.29, 0.717) is 22.6 Å². The van der Waals surface area contributed by atoms with Gasteiger partial charge in [0.05, 0.1) is 0 Å². The van der Waals surface area contributed by atoms with Crippen molar-refractivity contribution in [2.75, 3.05) is 5.32 Å². The number of amides is 1. The molecule has 2 aliphatic heterocycles. The molecule has 0 saturated heterocycles. The molecule has 0 fully saturated rings. The Labute approximate surface area is 328 Å². The summed E-state index contributed by atoms with van der Waals surface area (Å²) in [5.74, 6) is -5.44. The average molecular weight is 822 g/mol. The zero-order valence-corrected chi connectivity index (χ0v) is 29.8. The van der Waals surface area contributed by atoms with Crippen molar-refractivity contribution in [2.45, 2.75) is 37.7 Å². The van der Waals surface area contributed by atoms with Gasteiger partial charge >= 0.3 is 36.1 Å². The number of benzene rings is 5. The summed E-state index contributed by atoms with van der Waals surface area (Å²) in [6, 6.07) is 24.9. The summed E-state index contributed by atoms with van der Waals surface area (Å²) in [5, 5.41) is 2.80. The third-order valence-electron chi connectivity index (χ3n) is 8.57. The van der Waals surface area contributed by atoms with Crippen LogP contribution >= 0.6 is 0 Å². The van der Waals surface area contributed by atoms with Crippen LogP contribution in [0.25, 0.3) is 0 Å². The number of ether oxygens (including phenoxy) is 5. The number of aliphatic imine (C=N–C) groups is 2. The van der Waals surface area contributed by atoms with E-state index in [0.717, 1.165) is 0 Å². The number of halogens is 7. The van der Waals surface area contributed by atoms with Crippen molar-refractivity contribution in [3.63, 3.8) is 0 Å². The molecule has 2 heterocycles. The van der Waals surface area contributed by atoms with Gasteiger partial charge in [-0.25, -0.2) is 24.0 Å². The molecule has 0 spiro atoms. The van der Waals surface area contributed by atoms with Crippen LogP contribution in [0.5, 0.6) is 23.0 Å². The number of nitrogens with one attached hydrogen (secondary N) is 1. The molecule has 0 aromatic heterocycles.